The Morgan fingerprint density at radius 3 is 2.73 bits per heavy atom. The van der Waals surface area contributed by atoms with E-state index in [1.165, 1.54) is 36.1 Å². The molecule has 2 heteroatoms. The van der Waals surface area contributed by atoms with Gasteiger partial charge in [-0.15, -0.1) is 0 Å². The van der Waals surface area contributed by atoms with Gasteiger partial charge in [-0.05, 0) is 54.5 Å². The highest BCUT2D eigenvalue weighted by atomic mass is 16.5. The molecule has 1 saturated heterocycles. The van der Waals surface area contributed by atoms with Gasteiger partial charge in [-0.2, -0.15) is 0 Å². The second kappa shape index (κ2) is 5.77. The summed E-state index contributed by atoms with van der Waals surface area (Å²) >= 11 is 0. The maximum absolute atomic E-state index is 5.60. The molecular formula is C20H23NO. The second-order valence-electron chi connectivity index (χ2n) is 6.58. The molecule has 2 nitrogen and oxygen atoms in total. The summed E-state index contributed by atoms with van der Waals surface area (Å²) in [5, 5.41) is 0. The van der Waals surface area contributed by atoms with Gasteiger partial charge in [-0.25, -0.2) is 0 Å². The molecule has 2 atom stereocenters. The first kappa shape index (κ1) is 13.8. The van der Waals surface area contributed by atoms with E-state index < -0.39 is 0 Å². The number of methoxy groups -OCH3 is 1. The third-order valence-electron chi connectivity index (χ3n) is 5.37. The number of fused-ring (bicyclic) bond motifs is 2. The largest absolute Gasteiger partial charge is 0.496 e. The Kier molecular flexibility index (Phi) is 3.63. The van der Waals surface area contributed by atoms with Crippen LogP contribution in [0.3, 0.4) is 0 Å². The van der Waals surface area contributed by atoms with E-state index in [0.717, 1.165) is 24.6 Å². The minimum absolute atomic E-state index is 0.670. The molecular weight excluding hydrogens is 270 g/mol. The van der Waals surface area contributed by atoms with Gasteiger partial charge in [-0.3, -0.25) is 4.90 Å². The van der Waals surface area contributed by atoms with Crippen LogP contribution in [0.5, 0.6) is 5.75 Å². The van der Waals surface area contributed by atoms with Crippen LogP contribution in [0.4, 0.5) is 0 Å². The van der Waals surface area contributed by atoms with Gasteiger partial charge in [0, 0.05) is 12.6 Å². The summed E-state index contributed by atoms with van der Waals surface area (Å²) in [5.74, 6) is 1.88. The van der Waals surface area contributed by atoms with E-state index in [0.29, 0.717) is 6.04 Å². The molecule has 0 spiro atoms. The third-order valence-corrected chi connectivity index (χ3v) is 5.37. The zero-order chi connectivity index (χ0) is 14.9. The summed E-state index contributed by atoms with van der Waals surface area (Å²) in [6, 6.07) is 18.1. The normalized spacial score (nSPS) is 23.9. The van der Waals surface area contributed by atoms with Crippen molar-refractivity contribution in [3.63, 3.8) is 0 Å². The van der Waals surface area contributed by atoms with Crippen molar-refractivity contribution in [2.75, 3.05) is 13.7 Å². The number of hydrogen-bond donors (Lipinski definition) is 0. The van der Waals surface area contributed by atoms with Gasteiger partial charge in [0.15, 0.2) is 0 Å². The molecule has 0 saturated carbocycles. The van der Waals surface area contributed by atoms with Crippen molar-refractivity contribution < 1.29 is 4.74 Å². The number of likely N-dealkylation sites (tertiary alicyclic amines) is 1. The van der Waals surface area contributed by atoms with Crippen LogP contribution in [0.15, 0.2) is 48.5 Å². The Balaban J connectivity index is 1.58. The fraction of sp³-hybridized carbons (Fsp3) is 0.400. The number of nitrogens with zero attached hydrogens (tertiary/aromatic N) is 1. The quantitative estimate of drug-likeness (QED) is 0.856. The number of ether oxygens (including phenoxy) is 1. The molecule has 0 aromatic heterocycles. The monoisotopic (exact) mass is 293 g/mol. The molecule has 2 unspecified atom stereocenters. The van der Waals surface area contributed by atoms with Gasteiger partial charge in [0.1, 0.15) is 5.75 Å². The molecule has 2 aromatic carbocycles. The maximum atomic E-state index is 5.60. The first-order chi connectivity index (χ1) is 10.8. The molecule has 22 heavy (non-hydrogen) atoms. The topological polar surface area (TPSA) is 12.5 Å². The summed E-state index contributed by atoms with van der Waals surface area (Å²) in [4.78, 5) is 2.68. The maximum Gasteiger partial charge on any atom is 0.122 e. The van der Waals surface area contributed by atoms with Crippen LogP contribution >= 0.6 is 0 Å². The average molecular weight is 293 g/mol. The predicted octanol–water partition coefficient (Wildman–Crippen LogP) is 3.68. The lowest BCUT2D eigenvalue weighted by atomic mass is 9.80. The van der Waals surface area contributed by atoms with E-state index in [-0.39, 0.29) is 0 Å². The molecule has 4 rings (SSSR count). The second-order valence-corrected chi connectivity index (χ2v) is 6.58. The highest BCUT2D eigenvalue weighted by molar-refractivity contribution is 5.43. The number of benzene rings is 2. The molecule has 1 heterocycles. The Hall–Kier alpha value is -1.80. The van der Waals surface area contributed by atoms with E-state index in [2.05, 4.69) is 53.4 Å². The first-order valence-electron chi connectivity index (χ1n) is 8.28. The van der Waals surface area contributed by atoms with Crippen LogP contribution in [0.2, 0.25) is 0 Å². The molecule has 0 bridgehead atoms. The number of rotatable bonds is 3. The van der Waals surface area contributed by atoms with Crippen molar-refractivity contribution in [2.24, 2.45) is 5.92 Å². The zero-order valence-corrected chi connectivity index (χ0v) is 13.2. The molecule has 0 amide bonds. The zero-order valence-electron chi connectivity index (χ0n) is 13.2. The van der Waals surface area contributed by atoms with E-state index in [4.69, 9.17) is 4.74 Å². The van der Waals surface area contributed by atoms with E-state index in [9.17, 15) is 0 Å². The molecule has 2 aliphatic rings. The van der Waals surface area contributed by atoms with Crippen molar-refractivity contribution in [3.8, 4) is 5.75 Å². The summed E-state index contributed by atoms with van der Waals surface area (Å²) in [6.07, 6.45) is 3.67. The van der Waals surface area contributed by atoms with Gasteiger partial charge in [-0.1, -0.05) is 42.5 Å². The van der Waals surface area contributed by atoms with Crippen LogP contribution in [0, 0.1) is 5.92 Å². The van der Waals surface area contributed by atoms with Crippen molar-refractivity contribution >= 4 is 0 Å². The summed E-state index contributed by atoms with van der Waals surface area (Å²) in [5.41, 5.74) is 4.36. The Labute approximate surface area is 132 Å². The smallest absolute Gasteiger partial charge is 0.122 e. The van der Waals surface area contributed by atoms with Crippen LogP contribution in [-0.4, -0.2) is 24.6 Å². The SMILES string of the molecule is COc1cccc2c1CC1C(CCN1Cc1ccccc1)C2. The van der Waals surface area contributed by atoms with Gasteiger partial charge < -0.3 is 4.74 Å². The van der Waals surface area contributed by atoms with Crippen molar-refractivity contribution in [1.82, 2.24) is 4.90 Å². The van der Waals surface area contributed by atoms with Crippen LogP contribution in [0.25, 0.3) is 0 Å². The lowest BCUT2D eigenvalue weighted by Gasteiger charge is -2.34. The van der Waals surface area contributed by atoms with Crippen molar-refractivity contribution in [1.29, 1.82) is 0 Å². The lowest BCUT2D eigenvalue weighted by Crippen LogP contribution is -2.37. The summed E-state index contributed by atoms with van der Waals surface area (Å²) in [6.45, 7) is 2.30. The predicted molar refractivity (Wildman–Crippen MR) is 89.1 cm³/mol. The Bertz CT molecular complexity index is 652. The molecule has 2 aromatic rings. The van der Waals surface area contributed by atoms with Crippen LogP contribution in [0.1, 0.15) is 23.1 Å². The third kappa shape index (κ3) is 2.42. The fourth-order valence-electron chi connectivity index (χ4n) is 4.25. The van der Waals surface area contributed by atoms with Crippen LogP contribution in [-0.2, 0) is 19.4 Å². The highest BCUT2D eigenvalue weighted by Gasteiger charge is 2.38. The highest BCUT2D eigenvalue weighted by Crippen LogP contribution is 2.39. The standard InChI is InChI=1S/C20H23NO/c1-22-20-9-5-8-16-12-17-10-11-21(19(17)13-18(16)20)14-15-6-3-2-4-7-15/h2-9,17,19H,10-14H2,1H3. The molecule has 1 aliphatic heterocycles. The summed E-state index contributed by atoms with van der Waals surface area (Å²) in [7, 11) is 1.79. The van der Waals surface area contributed by atoms with E-state index in [1.54, 1.807) is 7.11 Å². The van der Waals surface area contributed by atoms with E-state index in [1.807, 2.05) is 0 Å². The number of hydrogen-bond acceptors (Lipinski definition) is 2. The molecule has 1 fully saturated rings. The van der Waals surface area contributed by atoms with Crippen molar-refractivity contribution in [3.05, 3.63) is 65.2 Å². The van der Waals surface area contributed by atoms with Gasteiger partial charge in [0.25, 0.3) is 0 Å². The Morgan fingerprint density at radius 2 is 1.91 bits per heavy atom. The molecule has 1 aliphatic carbocycles. The molecule has 0 radical (unpaired) electrons. The van der Waals surface area contributed by atoms with Crippen molar-refractivity contribution in [2.45, 2.75) is 31.8 Å². The van der Waals surface area contributed by atoms with Crippen LogP contribution < -0.4 is 4.74 Å². The minimum atomic E-state index is 0.670. The lowest BCUT2D eigenvalue weighted by molar-refractivity contribution is 0.206. The fourth-order valence-corrected chi connectivity index (χ4v) is 4.25. The average Bonchev–Trinajstić information content (AvgIpc) is 2.95. The summed E-state index contributed by atoms with van der Waals surface area (Å²) < 4.78 is 5.60. The van der Waals surface area contributed by atoms with Gasteiger partial charge >= 0.3 is 0 Å². The van der Waals surface area contributed by atoms with E-state index >= 15 is 0 Å². The molecule has 0 N–H and O–H groups in total. The van der Waals surface area contributed by atoms with Gasteiger partial charge in [0.2, 0.25) is 0 Å². The van der Waals surface area contributed by atoms with Gasteiger partial charge in [0.05, 0.1) is 7.11 Å². The minimum Gasteiger partial charge on any atom is -0.496 e. The first-order valence-corrected chi connectivity index (χ1v) is 8.28. The Morgan fingerprint density at radius 1 is 1.05 bits per heavy atom. The molecule has 114 valence electrons.